The number of benzene rings is 2. The molecule has 7 nitrogen and oxygen atoms in total. The molecule has 1 aromatic heterocycles. The summed E-state index contributed by atoms with van der Waals surface area (Å²) >= 11 is 0. The quantitative estimate of drug-likeness (QED) is 0.616. The number of aromatic nitrogens is 2. The van der Waals surface area contributed by atoms with Crippen LogP contribution in [0.25, 0.3) is 11.4 Å². The lowest BCUT2D eigenvalue weighted by molar-refractivity contribution is -0.122. The normalized spacial score (nSPS) is 15.5. The first kappa shape index (κ1) is 20.8. The summed E-state index contributed by atoms with van der Waals surface area (Å²) in [7, 11) is 0. The molecule has 0 bridgehead atoms. The van der Waals surface area contributed by atoms with E-state index >= 15 is 0 Å². The molecule has 2 aromatic carbocycles. The smallest absolute Gasteiger partial charge is 0.237 e. The van der Waals surface area contributed by atoms with Gasteiger partial charge in [-0.25, -0.2) is 0 Å². The van der Waals surface area contributed by atoms with E-state index in [9.17, 15) is 4.79 Å². The molecule has 2 N–H and O–H groups in total. The molecule has 1 atom stereocenters. The van der Waals surface area contributed by atoms with Crippen LogP contribution in [-0.2, 0) is 11.2 Å². The highest BCUT2D eigenvalue weighted by Crippen LogP contribution is 2.25. The maximum atomic E-state index is 12.0. The zero-order valence-corrected chi connectivity index (χ0v) is 16.7. The third-order valence-corrected chi connectivity index (χ3v) is 4.55. The Morgan fingerprint density at radius 3 is 2.79 bits per heavy atom. The number of rotatable bonds is 7. The fraction of sp³-hybridized carbons (Fsp3) is 0.286. The topological polar surface area (TPSA) is 89.3 Å². The minimum absolute atomic E-state index is 0. The van der Waals surface area contributed by atoms with Crippen LogP contribution in [0.5, 0.6) is 11.5 Å². The summed E-state index contributed by atoms with van der Waals surface area (Å²) in [6.45, 7) is 1.37. The van der Waals surface area contributed by atoms with Crippen molar-refractivity contribution in [3.05, 3.63) is 60.5 Å². The highest BCUT2D eigenvalue weighted by Gasteiger charge is 2.21. The first-order valence-electron chi connectivity index (χ1n) is 9.45. The average molecular weight is 415 g/mol. The van der Waals surface area contributed by atoms with Crippen molar-refractivity contribution in [2.75, 3.05) is 13.1 Å². The number of para-hydroxylation sites is 1. The molecule has 1 aliphatic heterocycles. The summed E-state index contributed by atoms with van der Waals surface area (Å²) < 4.78 is 11.2. The fourth-order valence-corrected chi connectivity index (χ4v) is 3.12. The molecule has 3 aromatic rings. The highest BCUT2D eigenvalue weighted by atomic mass is 35.5. The lowest BCUT2D eigenvalue weighted by Gasteiger charge is -2.09. The Kier molecular flexibility index (Phi) is 7.21. The number of ether oxygens (including phenoxy) is 1. The van der Waals surface area contributed by atoms with Crippen molar-refractivity contribution in [1.29, 1.82) is 0 Å². The number of nitrogens with zero attached hydrogens (tertiary/aromatic N) is 2. The summed E-state index contributed by atoms with van der Waals surface area (Å²) in [5, 5.41) is 10.1. The standard InChI is InChI=1S/C21H22N4O3.ClH/c26-21(18-10-5-12-22-18)23-13-11-19-24-20(25-28-19)15-6-4-9-17(14-15)27-16-7-2-1-3-8-16;/h1-4,6-9,14,18,22H,5,10-13H2,(H,23,26);1H. The predicted octanol–water partition coefficient (Wildman–Crippen LogP) is 3.36. The largest absolute Gasteiger partial charge is 0.457 e. The van der Waals surface area contributed by atoms with E-state index in [4.69, 9.17) is 9.26 Å². The average Bonchev–Trinajstić information content (AvgIpc) is 3.41. The van der Waals surface area contributed by atoms with Gasteiger partial charge in [0.1, 0.15) is 11.5 Å². The van der Waals surface area contributed by atoms with Crippen LogP contribution in [0.2, 0.25) is 0 Å². The predicted molar refractivity (Wildman–Crippen MR) is 111 cm³/mol. The number of amides is 1. The molecule has 0 radical (unpaired) electrons. The third-order valence-electron chi connectivity index (χ3n) is 4.55. The number of nitrogens with one attached hydrogen (secondary N) is 2. The van der Waals surface area contributed by atoms with Crippen LogP contribution in [0.15, 0.2) is 59.1 Å². The van der Waals surface area contributed by atoms with Gasteiger partial charge in [0.2, 0.25) is 17.6 Å². The monoisotopic (exact) mass is 414 g/mol. The molecule has 8 heteroatoms. The Morgan fingerprint density at radius 1 is 1.17 bits per heavy atom. The van der Waals surface area contributed by atoms with Gasteiger partial charge in [-0.1, -0.05) is 35.5 Å². The molecular weight excluding hydrogens is 392 g/mol. The van der Waals surface area contributed by atoms with Crippen LogP contribution in [0.4, 0.5) is 0 Å². The van der Waals surface area contributed by atoms with Crippen LogP contribution in [-0.4, -0.2) is 35.2 Å². The van der Waals surface area contributed by atoms with Crippen LogP contribution in [0, 0.1) is 0 Å². The van der Waals surface area contributed by atoms with E-state index < -0.39 is 0 Å². The number of halogens is 1. The van der Waals surface area contributed by atoms with Gasteiger partial charge >= 0.3 is 0 Å². The Labute approximate surface area is 175 Å². The Bertz CT molecular complexity index is 926. The highest BCUT2D eigenvalue weighted by molar-refractivity contribution is 5.85. The first-order chi connectivity index (χ1) is 13.8. The number of hydrogen-bond donors (Lipinski definition) is 2. The van der Waals surface area contributed by atoms with E-state index in [1.807, 2.05) is 54.6 Å². The van der Waals surface area contributed by atoms with Crippen molar-refractivity contribution in [2.45, 2.75) is 25.3 Å². The Hall–Kier alpha value is -2.90. The van der Waals surface area contributed by atoms with Crippen molar-refractivity contribution >= 4 is 18.3 Å². The van der Waals surface area contributed by atoms with Crippen LogP contribution < -0.4 is 15.4 Å². The van der Waals surface area contributed by atoms with Gasteiger partial charge in [0.25, 0.3) is 0 Å². The van der Waals surface area contributed by atoms with E-state index in [2.05, 4.69) is 20.8 Å². The summed E-state index contributed by atoms with van der Waals surface area (Å²) in [6, 6.07) is 17.0. The van der Waals surface area contributed by atoms with Gasteiger partial charge in [-0.05, 0) is 43.7 Å². The van der Waals surface area contributed by atoms with Crippen molar-refractivity contribution in [3.8, 4) is 22.9 Å². The second kappa shape index (κ2) is 10.0. The maximum Gasteiger partial charge on any atom is 0.237 e. The van der Waals surface area contributed by atoms with Gasteiger partial charge < -0.3 is 19.9 Å². The summed E-state index contributed by atoms with van der Waals surface area (Å²) in [6.07, 6.45) is 2.42. The molecule has 0 spiro atoms. The van der Waals surface area contributed by atoms with Gasteiger partial charge in [0.15, 0.2) is 0 Å². The molecule has 1 fully saturated rings. The molecule has 1 aliphatic rings. The second-order valence-electron chi connectivity index (χ2n) is 6.64. The van der Waals surface area contributed by atoms with Crippen LogP contribution >= 0.6 is 12.4 Å². The second-order valence-corrected chi connectivity index (χ2v) is 6.64. The van der Waals surface area contributed by atoms with Gasteiger partial charge in [-0.15, -0.1) is 12.4 Å². The lowest BCUT2D eigenvalue weighted by Crippen LogP contribution is -2.41. The summed E-state index contributed by atoms with van der Waals surface area (Å²) in [4.78, 5) is 16.4. The molecule has 1 saturated heterocycles. The molecule has 2 heterocycles. The zero-order valence-electron chi connectivity index (χ0n) is 15.8. The number of carbonyl (C=O) groups excluding carboxylic acids is 1. The minimum atomic E-state index is -0.0781. The summed E-state index contributed by atoms with van der Waals surface area (Å²) in [5.74, 6) is 2.48. The molecule has 4 rings (SSSR count). The van der Waals surface area contributed by atoms with Crippen molar-refractivity contribution in [2.24, 2.45) is 0 Å². The van der Waals surface area contributed by atoms with Crippen LogP contribution in [0.1, 0.15) is 18.7 Å². The van der Waals surface area contributed by atoms with Gasteiger partial charge in [0, 0.05) is 18.5 Å². The Morgan fingerprint density at radius 2 is 2.00 bits per heavy atom. The van der Waals surface area contributed by atoms with Crippen LogP contribution in [0.3, 0.4) is 0 Å². The zero-order chi connectivity index (χ0) is 19.2. The fourth-order valence-electron chi connectivity index (χ4n) is 3.12. The van der Waals surface area contributed by atoms with E-state index in [0.717, 1.165) is 30.7 Å². The molecule has 1 amide bonds. The van der Waals surface area contributed by atoms with Crippen molar-refractivity contribution in [3.63, 3.8) is 0 Å². The Balaban J connectivity index is 0.00000240. The van der Waals surface area contributed by atoms with Crippen molar-refractivity contribution in [1.82, 2.24) is 20.8 Å². The number of carbonyl (C=O) groups is 1. The van der Waals surface area contributed by atoms with E-state index in [1.165, 1.54) is 0 Å². The molecule has 152 valence electrons. The lowest BCUT2D eigenvalue weighted by atomic mass is 10.2. The van der Waals surface area contributed by atoms with Gasteiger partial charge in [-0.2, -0.15) is 4.98 Å². The minimum Gasteiger partial charge on any atom is -0.457 e. The third kappa shape index (κ3) is 5.56. The molecule has 29 heavy (non-hydrogen) atoms. The first-order valence-corrected chi connectivity index (χ1v) is 9.45. The van der Waals surface area contributed by atoms with Crippen molar-refractivity contribution < 1.29 is 14.1 Å². The van der Waals surface area contributed by atoms with Gasteiger partial charge in [0.05, 0.1) is 6.04 Å². The van der Waals surface area contributed by atoms with E-state index in [1.54, 1.807) is 0 Å². The molecular formula is C21H23ClN4O3. The maximum absolute atomic E-state index is 12.0. The number of hydrogen-bond acceptors (Lipinski definition) is 6. The molecule has 0 saturated carbocycles. The SMILES string of the molecule is Cl.O=C(NCCc1nc(-c2cccc(Oc3ccccc3)c2)no1)C1CCCN1. The van der Waals surface area contributed by atoms with E-state index in [0.29, 0.717) is 30.4 Å². The molecule has 1 unspecified atom stereocenters. The van der Waals surface area contributed by atoms with Gasteiger partial charge in [-0.3, -0.25) is 4.79 Å². The summed E-state index contributed by atoms with van der Waals surface area (Å²) in [5.41, 5.74) is 0.808. The van der Waals surface area contributed by atoms with E-state index in [-0.39, 0.29) is 24.4 Å². The molecule has 0 aliphatic carbocycles.